The number of nitrogens with one attached hydrogen (secondary N) is 1. The van der Waals surface area contributed by atoms with Gasteiger partial charge in [-0.1, -0.05) is 41.9 Å². The second-order valence-electron chi connectivity index (χ2n) is 6.56. The summed E-state index contributed by atoms with van der Waals surface area (Å²) < 4.78 is 5.44. The molecule has 1 fully saturated rings. The lowest BCUT2D eigenvalue weighted by Gasteiger charge is -2.18. The molecule has 2 aromatic rings. The van der Waals surface area contributed by atoms with Crippen molar-refractivity contribution in [3.8, 4) is 11.1 Å². The zero-order valence-electron chi connectivity index (χ0n) is 15.4. The topological polar surface area (TPSA) is 41.6 Å². The van der Waals surface area contributed by atoms with Crippen molar-refractivity contribution in [1.82, 2.24) is 10.2 Å². The molecule has 1 aliphatic heterocycles. The summed E-state index contributed by atoms with van der Waals surface area (Å²) in [6.45, 7) is 5.08. The monoisotopic (exact) mass is 384 g/mol. The number of hydrogen-bond donors (Lipinski definition) is 1. The van der Waals surface area contributed by atoms with Gasteiger partial charge in [0.1, 0.15) is 0 Å². The molecule has 0 bridgehead atoms. The van der Waals surface area contributed by atoms with E-state index >= 15 is 0 Å². The quantitative estimate of drug-likeness (QED) is 0.769. The molecule has 0 atom stereocenters. The largest absolute Gasteiger partial charge is 0.380 e. The van der Waals surface area contributed by atoms with Gasteiger partial charge in [0, 0.05) is 43.9 Å². The Morgan fingerprint density at radius 3 is 2.81 bits per heavy atom. The fraction of sp³-hybridized carbons (Fsp3) is 0.318. The molecule has 1 heterocycles. The molecular formula is C22H25ClN2O2. The highest BCUT2D eigenvalue weighted by atomic mass is 35.5. The molecule has 1 aliphatic rings. The van der Waals surface area contributed by atoms with Gasteiger partial charge in [-0.15, -0.1) is 0 Å². The first-order valence-electron chi connectivity index (χ1n) is 9.33. The summed E-state index contributed by atoms with van der Waals surface area (Å²) in [6, 6.07) is 15.8. The molecule has 1 amide bonds. The third-order valence-corrected chi connectivity index (χ3v) is 4.79. The van der Waals surface area contributed by atoms with E-state index in [-0.39, 0.29) is 5.91 Å². The second kappa shape index (κ2) is 10.3. The minimum absolute atomic E-state index is 0.0713. The van der Waals surface area contributed by atoms with Gasteiger partial charge in [0.25, 0.3) is 0 Å². The van der Waals surface area contributed by atoms with Crippen molar-refractivity contribution in [2.24, 2.45) is 0 Å². The lowest BCUT2D eigenvalue weighted by Crippen LogP contribution is -2.35. The third-order valence-electron chi connectivity index (χ3n) is 4.53. The summed E-state index contributed by atoms with van der Waals surface area (Å²) in [7, 11) is 0. The minimum Gasteiger partial charge on any atom is -0.380 e. The summed E-state index contributed by atoms with van der Waals surface area (Å²) >= 11 is 5.95. The Morgan fingerprint density at radius 1 is 1.11 bits per heavy atom. The molecule has 1 N–H and O–H groups in total. The average molecular weight is 385 g/mol. The molecule has 0 saturated carbocycles. The van der Waals surface area contributed by atoms with Gasteiger partial charge >= 0.3 is 0 Å². The molecule has 1 saturated heterocycles. The highest BCUT2D eigenvalue weighted by molar-refractivity contribution is 6.30. The first-order chi connectivity index (χ1) is 13.2. The maximum atomic E-state index is 12.1. The lowest BCUT2D eigenvalue weighted by molar-refractivity contribution is -0.116. The highest BCUT2D eigenvalue weighted by Crippen LogP contribution is 2.22. The number of ether oxygens (including phenoxy) is 1. The summed E-state index contributed by atoms with van der Waals surface area (Å²) in [5, 5.41) is 3.67. The van der Waals surface area contributed by atoms with E-state index in [1.807, 2.05) is 48.5 Å². The first kappa shape index (κ1) is 19.6. The van der Waals surface area contributed by atoms with Crippen molar-refractivity contribution in [3.63, 3.8) is 0 Å². The van der Waals surface area contributed by atoms with Crippen LogP contribution in [0, 0.1) is 0 Å². The molecule has 0 unspecified atom stereocenters. The molecule has 2 aromatic carbocycles. The number of carbonyl (C=O) groups is 1. The van der Waals surface area contributed by atoms with E-state index in [0.717, 1.165) is 61.0 Å². The van der Waals surface area contributed by atoms with Crippen molar-refractivity contribution >= 4 is 23.6 Å². The number of nitrogens with zero attached hydrogens (tertiary/aromatic N) is 1. The fourth-order valence-electron chi connectivity index (χ4n) is 3.05. The Kier molecular flexibility index (Phi) is 7.45. The molecule has 4 nitrogen and oxygen atoms in total. The van der Waals surface area contributed by atoms with Crippen LogP contribution in [0.2, 0.25) is 5.02 Å². The second-order valence-corrected chi connectivity index (χ2v) is 7.00. The summed E-state index contributed by atoms with van der Waals surface area (Å²) in [4.78, 5) is 14.4. The Labute approximate surface area is 165 Å². The van der Waals surface area contributed by atoms with Crippen LogP contribution in [0.5, 0.6) is 0 Å². The van der Waals surface area contributed by atoms with Gasteiger partial charge in [-0.05, 0) is 47.4 Å². The zero-order chi connectivity index (χ0) is 18.9. The van der Waals surface area contributed by atoms with Gasteiger partial charge in [-0.2, -0.15) is 0 Å². The van der Waals surface area contributed by atoms with Crippen LogP contribution in [-0.2, 0) is 9.53 Å². The van der Waals surface area contributed by atoms with Crippen LogP contribution in [0.4, 0.5) is 0 Å². The molecule has 5 heteroatoms. The average Bonchev–Trinajstić information content (AvgIpc) is 2.96. The molecular weight excluding hydrogens is 360 g/mol. The van der Waals surface area contributed by atoms with E-state index < -0.39 is 0 Å². The number of benzene rings is 2. The smallest absolute Gasteiger partial charge is 0.244 e. The molecule has 0 aromatic heterocycles. The summed E-state index contributed by atoms with van der Waals surface area (Å²) in [5.74, 6) is -0.0713. The highest BCUT2D eigenvalue weighted by Gasteiger charge is 2.08. The van der Waals surface area contributed by atoms with Gasteiger partial charge in [-0.3, -0.25) is 9.69 Å². The van der Waals surface area contributed by atoms with Gasteiger partial charge in [0.05, 0.1) is 6.61 Å². The van der Waals surface area contributed by atoms with Crippen LogP contribution in [0.3, 0.4) is 0 Å². The number of amides is 1. The van der Waals surface area contributed by atoms with Crippen molar-refractivity contribution in [1.29, 1.82) is 0 Å². The van der Waals surface area contributed by atoms with Crippen molar-refractivity contribution in [2.75, 3.05) is 39.4 Å². The molecule has 0 spiro atoms. The minimum atomic E-state index is -0.0713. The molecule has 142 valence electrons. The van der Waals surface area contributed by atoms with E-state index in [0.29, 0.717) is 6.54 Å². The zero-order valence-corrected chi connectivity index (χ0v) is 16.1. The Morgan fingerprint density at radius 2 is 1.96 bits per heavy atom. The van der Waals surface area contributed by atoms with Gasteiger partial charge in [-0.25, -0.2) is 0 Å². The summed E-state index contributed by atoms with van der Waals surface area (Å²) in [6.07, 6.45) is 4.48. The van der Waals surface area contributed by atoms with E-state index in [1.165, 1.54) is 0 Å². The van der Waals surface area contributed by atoms with E-state index in [9.17, 15) is 4.79 Å². The maximum Gasteiger partial charge on any atom is 0.244 e. The van der Waals surface area contributed by atoms with Crippen LogP contribution in [0.15, 0.2) is 54.6 Å². The van der Waals surface area contributed by atoms with Crippen LogP contribution in [0.25, 0.3) is 17.2 Å². The Hall–Kier alpha value is -2.14. The molecule has 0 radical (unpaired) electrons. The van der Waals surface area contributed by atoms with Crippen LogP contribution < -0.4 is 5.32 Å². The number of carbonyl (C=O) groups excluding carboxylic acids is 1. The predicted molar refractivity (Wildman–Crippen MR) is 111 cm³/mol. The first-order valence-corrected chi connectivity index (χ1v) is 9.70. The van der Waals surface area contributed by atoms with E-state index in [1.54, 1.807) is 6.08 Å². The fourth-order valence-corrected chi connectivity index (χ4v) is 3.18. The van der Waals surface area contributed by atoms with Crippen LogP contribution in [-0.4, -0.2) is 50.2 Å². The third kappa shape index (κ3) is 6.51. The van der Waals surface area contributed by atoms with Crippen molar-refractivity contribution < 1.29 is 9.53 Å². The maximum absolute atomic E-state index is 12.1. The van der Waals surface area contributed by atoms with Crippen LogP contribution in [0.1, 0.15) is 12.0 Å². The normalized spacial score (nSPS) is 15.6. The Balaban J connectivity index is 1.50. The standard InChI is InChI=1S/C22H25ClN2O2/c23-21-8-6-19(7-9-21)20-4-1-3-18(17-20)5-10-22(26)24-11-13-25-12-2-15-27-16-14-25/h1,3-10,17H,2,11-16H2,(H,24,26)/b10-5+. The Bertz CT molecular complexity index is 766. The van der Waals surface area contributed by atoms with Gasteiger partial charge < -0.3 is 10.1 Å². The van der Waals surface area contributed by atoms with Crippen molar-refractivity contribution in [2.45, 2.75) is 6.42 Å². The summed E-state index contributed by atoms with van der Waals surface area (Å²) in [5.41, 5.74) is 3.18. The molecule has 0 aliphatic carbocycles. The van der Waals surface area contributed by atoms with Crippen LogP contribution >= 0.6 is 11.6 Å². The van der Waals surface area contributed by atoms with E-state index in [2.05, 4.69) is 16.3 Å². The molecule has 27 heavy (non-hydrogen) atoms. The van der Waals surface area contributed by atoms with Gasteiger partial charge in [0.2, 0.25) is 5.91 Å². The SMILES string of the molecule is O=C(/C=C/c1cccc(-c2ccc(Cl)cc2)c1)NCCN1CCCOCC1. The van der Waals surface area contributed by atoms with E-state index in [4.69, 9.17) is 16.3 Å². The lowest BCUT2D eigenvalue weighted by atomic mass is 10.0. The van der Waals surface area contributed by atoms with Crippen molar-refractivity contribution in [3.05, 3.63) is 65.2 Å². The number of halogens is 1. The molecule has 3 rings (SSSR count). The predicted octanol–water partition coefficient (Wildman–Crippen LogP) is 3.86. The number of rotatable bonds is 6. The number of hydrogen-bond acceptors (Lipinski definition) is 3. The van der Waals surface area contributed by atoms with Gasteiger partial charge in [0.15, 0.2) is 0 Å².